The molecule has 4 heteroatoms. The van der Waals surface area contributed by atoms with Gasteiger partial charge in [-0.05, 0) is 42.9 Å². The first-order chi connectivity index (χ1) is 13.0. The van der Waals surface area contributed by atoms with E-state index in [4.69, 9.17) is 0 Å². The molecule has 2 unspecified atom stereocenters. The molecule has 0 aromatic heterocycles. The average Bonchev–Trinajstić information content (AvgIpc) is 2.63. The smallest absolute Gasteiger partial charge is 0.289 e. The summed E-state index contributed by atoms with van der Waals surface area (Å²) in [5.41, 5.74) is 2.81. The van der Waals surface area contributed by atoms with E-state index >= 15 is 0 Å². The zero-order chi connectivity index (χ0) is 18.9. The summed E-state index contributed by atoms with van der Waals surface area (Å²) in [5.74, 6) is 0. The Morgan fingerprint density at radius 1 is 0.926 bits per heavy atom. The van der Waals surface area contributed by atoms with Crippen LogP contribution in [0.4, 0.5) is 13.2 Å². The number of benzene rings is 2. The van der Waals surface area contributed by atoms with Gasteiger partial charge in [0.2, 0.25) is 0 Å². The van der Waals surface area contributed by atoms with E-state index in [0.717, 1.165) is 31.0 Å². The third kappa shape index (κ3) is 4.27. The fourth-order valence-electron chi connectivity index (χ4n) is 4.50. The molecule has 0 N–H and O–H groups in total. The molecule has 1 saturated heterocycles. The lowest BCUT2D eigenvalue weighted by molar-refractivity contribution is -0.137. The molecular formula is C23H24F3N. The lowest BCUT2D eigenvalue weighted by atomic mass is 9.83. The third-order valence-corrected chi connectivity index (χ3v) is 5.75. The fourth-order valence-corrected chi connectivity index (χ4v) is 4.50. The van der Waals surface area contributed by atoms with Gasteiger partial charge in [-0.1, -0.05) is 66.6 Å². The van der Waals surface area contributed by atoms with Crippen molar-refractivity contribution in [3.05, 3.63) is 82.9 Å². The second-order valence-corrected chi connectivity index (χ2v) is 7.71. The predicted octanol–water partition coefficient (Wildman–Crippen LogP) is 6.00. The van der Waals surface area contributed by atoms with Gasteiger partial charge in [0.05, 0.1) is 5.56 Å². The van der Waals surface area contributed by atoms with Crippen molar-refractivity contribution in [1.82, 2.24) is 4.90 Å². The summed E-state index contributed by atoms with van der Waals surface area (Å²) in [6.07, 6.45) is 3.15. The van der Waals surface area contributed by atoms with Crippen molar-refractivity contribution in [2.75, 3.05) is 0 Å². The van der Waals surface area contributed by atoms with Crippen LogP contribution in [0.25, 0.3) is 0 Å². The van der Waals surface area contributed by atoms with Crippen molar-refractivity contribution in [3.8, 4) is 0 Å². The molecule has 0 aliphatic carbocycles. The SMILES string of the molecule is FC(F)(F)c1cccc(CC2=CC3CCCC(C2)N3Cc2ccccc2)c1. The Labute approximate surface area is 158 Å². The molecule has 0 saturated carbocycles. The number of fused-ring (bicyclic) bond motifs is 2. The molecule has 142 valence electrons. The summed E-state index contributed by atoms with van der Waals surface area (Å²) < 4.78 is 38.9. The highest BCUT2D eigenvalue weighted by Crippen LogP contribution is 2.36. The van der Waals surface area contributed by atoms with Crippen LogP contribution in [0, 0.1) is 0 Å². The van der Waals surface area contributed by atoms with E-state index in [-0.39, 0.29) is 0 Å². The van der Waals surface area contributed by atoms with E-state index < -0.39 is 11.7 Å². The maximum absolute atomic E-state index is 13.0. The molecule has 0 spiro atoms. The number of hydrogen-bond acceptors (Lipinski definition) is 1. The van der Waals surface area contributed by atoms with Gasteiger partial charge in [0.25, 0.3) is 0 Å². The molecule has 0 amide bonds. The summed E-state index contributed by atoms with van der Waals surface area (Å²) in [5, 5.41) is 0. The van der Waals surface area contributed by atoms with E-state index in [0.29, 0.717) is 18.5 Å². The molecular weight excluding hydrogens is 347 g/mol. The van der Waals surface area contributed by atoms with E-state index in [1.165, 1.54) is 36.1 Å². The fraction of sp³-hybridized carbons (Fsp3) is 0.391. The van der Waals surface area contributed by atoms with Crippen LogP contribution in [0.5, 0.6) is 0 Å². The van der Waals surface area contributed by atoms with Gasteiger partial charge in [0, 0.05) is 18.6 Å². The summed E-state index contributed by atoms with van der Waals surface area (Å²) in [6, 6.07) is 17.2. The number of piperidine rings is 1. The van der Waals surface area contributed by atoms with Gasteiger partial charge in [-0.15, -0.1) is 0 Å². The van der Waals surface area contributed by atoms with Gasteiger partial charge in [-0.3, -0.25) is 4.90 Å². The molecule has 27 heavy (non-hydrogen) atoms. The van der Waals surface area contributed by atoms with Gasteiger partial charge in [0.15, 0.2) is 0 Å². The third-order valence-electron chi connectivity index (χ3n) is 5.75. The lowest BCUT2D eigenvalue weighted by Gasteiger charge is -2.45. The predicted molar refractivity (Wildman–Crippen MR) is 101 cm³/mol. The molecule has 2 heterocycles. The minimum Gasteiger partial charge on any atom is -0.289 e. The van der Waals surface area contributed by atoms with Crippen LogP contribution in [0.3, 0.4) is 0 Å². The number of hydrogen-bond donors (Lipinski definition) is 0. The first kappa shape index (κ1) is 18.3. The summed E-state index contributed by atoms with van der Waals surface area (Å²) in [6.45, 7) is 0.948. The van der Waals surface area contributed by atoms with Crippen LogP contribution in [-0.2, 0) is 19.1 Å². The summed E-state index contributed by atoms with van der Waals surface area (Å²) >= 11 is 0. The Kier molecular flexibility index (Phi) is 5.09. The van der Waals surface area contributed by atoms with Gasteiger partial charge >= 0.3 is 6.18 Å². The zero-order valence-corrected chi connectivity index (χ0v) is 15.3. The van der Waals surface area contributed by atoms with E-state index in [2.05, 4.69) is 35.2 Å². The first-order valence-electron chi connectivity index (χ1n) is 9.64. The molecule has 2 atom stereocenters. The topological polar surface area (TPSA) is 3.24 Å². The van der Waals surface area contributed by atoms with Crippen LogP contribution in [0.1, 0.15) is 42.4 Å². The zero-order valence-electron chi connectivity index (χ0n) is 15.3. The van der Waals surface area contributed by atoms with Crippen LogP contribution in [0.2, 0.25) is 0 Å². The van der Waals surface area contributed by atoms with Gasteiger partial charge in [-0.2, -0.15) is 13.2 Å². The molecule has 1 nitrogen and oxygen atoms in total. The highest BCUT2D eigenvalue weighted by Gasteiger charge is 2.34. The first-order valence-corrected chi connectivity index (χ1v) is 9.64. The standard InChI is InChI=1S/C23H24F3N/c24-23(25,26)20-9-4-8-18(13-20)12-19-14-21-10-5-11-22(15-19)27(21)16-17-6-2-1-3-7-17/h1-4,6-9,13-14,21-22H,5,10-12,15-16H2. The minimum atomic E-state index is -4.28. The number of rotatable bonds is 4. The Morgan fingerprint density at radius 3 is 2.44 bits per heavy atom. The second kappa shape index (κ2) is 7.51. The molecule has 2 bridgehead atoms. The number of halogens is 3. The van der Waals surface area contributed by atoms with Crippen LogP contribution in [0.15, 0.2) is 66.2 Å². The monoisotopic (exact) mass is 371 g/mol. The largest absolute Gasteiger partial charge is 0.416 e. The van der Waals surface area contributed by atoms with Crippen molar-refractivity contribution in [2.24, 2.45) is 0 Å². The quantitative estimate of drug-likeness (QED) is 0.596. The normalized spacial score (nSPS) is 23.1. The summed E-state index contributed by atoms with van der Waals surface area (Å²) in [7, 11) is 0. The molecule has 2 aliphatic rings. The Bertz CT molecular complexity index is 810. The van der Waals surface area contributed by atoms with Gasteiger partial charge in [0.1, 0.15) is 0 Å². The Balaban J connectivity index is 1.51. The highest BCUT2D eigenvalue weighted by atomic mass is 19.4. The number of nitrogens with zero attached hydrogens (tertiary/aromatic N) is 1. The molecule has 2 aromatic rings. The maximum atomic E-state index is 13.0. The van der Waals surface area contributed by atoms with Gasteiger partial charge in [-0.25, -0.2) is 0 Å². The Morgan fingerprint density at radius 2 is 1.70 bits per heavy atom. The van der Waals surface area contributed by atoms with E-state index in [1.54, 1.807) is 0 Å². The molecule has 2 aromatic carbocycles. The van der Waals surface area contributed by atoms with Crippen LogP contribution < -0.4 is 0 Å². The molecule has 1 fully saturated rings. The molecule has 4 rings (SSSR count). The summed E-state index contributed by atoms with van der Waals surface area (Å²) in [4.78, 5) is 2.58. The Hall–Kier alpha value is -2.07. The molecule has 0 radical (unpaired) electrons. The van der Waals surface area contributed by atoms with Crippen molar-refractivity contribution >= 4 is 0 Å². The van der Waals surface area contributed by atoms with Crippen molar-refractivity contribution in [2.45, 2.75) is 56.9 Å². The average molecular weight is 371 g/mol. The van der Waals surface area contributed by atoms with Crippen molar-refractivity contribution < 1.29 is 13.2 Å². The van der Waals surface area contributed by atoms with Crippen molar-refractivity contribution in [1.29, 1.82) is 0 Å². The maximum Gasteiger partial charge on any atom is 0.416 e. The second-order valence-electron chi connectivity index (χ2n) is 7.71. The highest BCUT2D eigenvalue weighted by molar-refractivity contribution is 5.31. The van der Waals surface area contributed by atoms with Crippen LogP contribution in [-0.4, -0.2) is 17.0 Å². The minimum absolute atomic E-state index is 0.401. The van der Waals surface area contributed by atoms with E-state index in [1.807, 2.05) is 12.1 Å². The van der Waals surface area contributed by atoms with Crippen LogP contribution >= 0.6 is 0 Å². The van der Waals surface area contributed by atoms with Gasteiger partial charge < -0.3 is 0 Å². The van der Waals surface area contributed by atoms with Crippen molar-refractivity contribution in [3.63, 3.8) is 0 Å². The van der Waals surface area contributed by atoms with E-state index in [9.17, 15) is 13.2 Å². The molecule has 2 aliphatic heterocycles. The number of alkyl halides is 3. The lowest BCUT2D eigenvalue weighted by Crippen LogP contribution is -2.48.